The molecule has 0 amide bonds. The van der Waals surface area contributed by atoms with Gasteiger partial charge < -0.3 is 9.84 Å². The lowest BCUT2D eigenvalue weighted by Crippen LogP contribution is -2.20. The van der Waals surface area contributed by atoms with Crippen molar-refractivity contribution in [2.45, 2.75) is 52.4 Å². The van der Waals surface area contributed by atoms with Crippen molar-refractivity contribution in [2.75, 3.05) is 0 Å². The molecular formula is C20H25NO3. The summed E-state index contributed by atoms with van der Waals surface area (Å²) >= 11 is 0. The van der Waals surface area contributed by atoms with Crippen LogP contribution in [0.2, 0.25) is 0 Å². The molecule has 2 rings (SSSR count). The van der Waals surface area contributed by atoms with E-state index < -0.39 is 5.97 Å². The maximum atomic E-state index is 12.5. The van der Waals surface area contributed by atoms with E-state index in [0.29, 0.717) is 5.56 Å². The first-order valence-electron chi connectivity index (χ1n) is 8.01. The van der Waals surface area contributed by atoms with Crippen LogP contribution >= 0.6 is 0 Å². The number of hydrogen-bond acceptors (Lipinski definition) is 4. The number of ether oxygens (including phenoxy) is 1. The van der Waals surface area contributed by atoms with Gasteiger partial charge in [0.15, 0.2) is 0 Å². The molecule has 1 aromatic heterocycles. The summed E-state index contributed by atoms with van der Waals surface area (Å²) in [7, 11) is 0. The lowest BCUT2D eigenvalue weighted by atomic mass is 9.78. The summed E-state index contributed by atoms with van der Waals surface area (Å²) in [6.07, 6.45) is 1.57. The number of pyridine rings is 1. The summed E-state index contributed by atoms with van der Waals surface area (Å²) in [5.74, 6) is 0.0132. The number of carbonyl (C=O) groups excluding carboxylic acids is 1. The monoisotopic (exact) mass is 327 g/mol. The Hall–Kier alpha value is -2.36. The smallest absolute Gasteiger partial charge is 0.344 e. The average Bonchev–Trinajstić information content (AvgIpc) is 2.46. The predicted molar refractivity (Wildman–Crippen MR) is 94.7 cm³/mol. The van der Waals surface area contributed by atoms with Gasteiger partial charge in [-0.3, -0.25) is 0 Å². The van der Waals surface area contributed by atoms with E-state index in [-0.39, 0.29) is 22.5 Å². The van der Waals surface area contributed by atoms with Crippen molar-refractivity contribution in [1.82, 2.24) is 4.98 Å². The van der Waals surface area contributed by atoms with Crippen LogP contribution in [0.25, 0.3) is 0 Å². The molecule has 0 atom stereocenters. The third-order valence-corrected chi connectivity index (χ3v) is 3.80. The number of rotatable bonds is 2. The van der Waals surface area contributed by atoms with Crippen LogP contribution in [0.3, 0.4) is 0 Å². The second-order valence-electron chi connectivity index (χ2n) is 7.98. The largest absolute Gasteiger partial charge is 0.507 e. The molecule has 24 heavy (non-hydrogen) atoms. The van der Waals surface area contributed by atoms with Gasteiger partial charge in [-0.2, -0.15) is 0 Å². The third-order valence-electron chi connectivity index (χ3n) is 3.80. The first-order valence-corrected chi connectivity index (χ1v) is 8.01. The summed E-state index contributed by atoms with van der Waals surface area (Å²) in [6.45, 7) is 12.0. The van der Waals surface area contributed by atoms with Crippen molar-refractivity contribution < 1.29 is 14.6 Å². The van der Waals surface area contributed by atoms with Crippen LogP contribution in [-0.2, 0) is 10.8 Å². The van der Waals surface area contributed by atoms with Gasteiger partial charge in [0.25, 0.3) is 0 Å². The number of nitrogens with zero attached hydrogens (tertiary/aromatic N) is 1. The van der Waals surface area contributed by atoms with Crippen LogP contribution in [0, 0.1) is 0 Å². The van der Waals surface area contributed by atoms with Gasteiger partial charge in [0.05, 0.1) is 5.56 Å². The highest BCUT2D eigenvalue weighted by molar-refractivity contribution is 5.92. The second kappa shape index (κ2) is 6.27. The average molecular weight is 327 g/mol. The Morgan fingerprint density at radius 1 is 1.00 bits per heavy atom. The molecule has 1 aromatic carbocycles. The molecule has 0 spiro atoms. The molecular weight excluding hydrogens is 302 g/mol. The van der Waals surface area contributed by atoms with Crippen LogP contribution in [-0.4, -0.2) is 16.1 Å². The van der Waals surface area contributed by atoms with Crippen LogP contribution in [0.5, 0.6) is 11.6 Å². The lowest BCUT2D eigenvalue weighted by Gasteiger charge is -2.27. The van der Waals surface area contributed by atoms with Gasteiger partial charge in [0, 0.05) is 23.4 Å². The SMILES string of the molecule is CC(C)(C)c1cc(C(=O)Oc2ccccn2)cc(C(C)(C)C)c1O. The maximum Gasteiger partial charge on any atom is 0.344 e. The van der Waals surface area contributed by atoms with Crippen molar-refractivity contribution in [1.29, 1.82) is 0 Å². The molecule has 1 heterocycles. The fourth-order valence-electron chi connectivity index (χ4n) is 2.46. The van der Waals surface area contributed by atoms with E-state index in [1.807, 2.05) is 41.5 Å². The van der Waals surface area contributed by atoms with Crippen molar-refractivity contribution in [3.63, 3.8) is 0 Å². The molecule has 0 fully saturated rings. The lowest BCUT2D eigenvalue weighted by molar-refractivity contribution is 0.0727. The van der Waals surface area contributed by atoms with Gasteiger partial charge in [0.1, 0.15) is 5.75 Å². The standard InChI is InChI=1S/C20H25NO3/c1-19(2,3)14-11-13(12-15(17(14)22)20(4,5)6)18(23)24-16-9-7-8-10-21-16/h7-12,22H,1-6H3. The van der Waals surface area contributed by atoms with Gasteiger partial charge in [-0.1, -0.05) is 47.6 Å². The summed E-state index contributed by atoms with van der Waals surface area (Å²) in [5.41, 5.74) is 1.26. The van der Waals surface area contributed by atoms with Gasteiger partial charge in [0.2, 0.25) is 5.88 Å². The number of phenols is 1. The topological polar surface area (TPSA) is 59.4 Å². The molecule has 4 nitrogen and oxygen atoms in total. The minimum absolute atomic E-state index is 0.240. The predicted octanol–water partition coefficient (Wildman–Crippen LogP) is 4.60. The number of aromatic hydroxyl groups is 1. The third kappa shape index (κ3) is 3.94. The highest BCUT2D eigenvalue weighted by atomic mass is 16.5. The van der Waals surface area contributed by atoms with Gasteiger partial charge >= 0.3 is 5.97 Å². The highest BCUT2D eigenvalue weighted by Crippen LogP contribution is 2.39. The minimum atomic E-state index is -0.482. The van der Waals surface area contributed by atoms with E-state index in [9.17, 15) is 9.90 Å². The summed E-state index contributed by atoms with van der Waals surface area (Å²) in [5, 5.41) is 10.7. The fourth-order valence-corrected chi connectivity index (χ4v) is 2.46. The van der Waals surface area contributed by atoms with Crippen molar-refractivity contribution in [3.8, 4) is 11.6 Å². The summed E-state index contributed by atoms with van der Waals surface area (Å²) in [6, 6.07) is 8.56. The number of benzene rings is 1. The molecule has 0 unspecified atom stereocenters. The van der Waals surface area contributed by atoms with Gasteiger partial charge in [-0.15, -0.1) is 0 Å². The van der Waals surface area contributed by atoms with Crippen LogP contribution in [0.15, 0.2) is 36.5 Å². The Kier molecular flexibility index (Phi) is 4.70. The molecule has 1 N–H and O–H groups in total. The number of phenolic OH excluding ortho intramolecular Hbond substituents is 1. The Balaban J connectivity index is 2.52. The number of esters is 1. The van der Waals surface area contributed by atoms with Crippen LogP contribution in [0.1, 0.15) is 63.0 Å². The number of aromatic nitrogens is 1. The van der Waals surface area contributed by atoms with Crippen molar-refractivity contribution in [2.24, 2.45) is 0 Å². The van der Waals surface area contributed by atoms with E-state index in [2.05, 4.69) is 4.98 Å². The summed E-state index contributed by atoms with van der Waals surface area (Å²) < 4.78 is 5.34. The van der Waals surface area contributed by atoms with Crippen LogP contribution in [0.4, 0.5) is 0 Å². The molecule has 4 heteroatoms. The Bertz CT molecular complexity index is 703. The molecule has 0 saturated carbocycles. The van der Waals surface area contributed by atoms with E-state index in [1.54, 1.807) is 36.5 Å². The number of hydrogen-bond donors (Lipinski definition) is 1. The summed E-state index contributed by atoms with van der Waals surface area (Å²) in [4.78, 5) is 16.6. The van der Waals surface area contributed by atoms with Crippen LogP contribution < -0.4 is 4.74 Å². The normalized spacial score (nSPS) is 12.1. The van der Waals surface area contributed by atoms with Crippen molar-refractivity contribution >= 4 is 5.97 Å². The van der Waals surface area contributed by atoms with Gasteiger partial charge in [-0.25, -0.2) is 9.78 Å². The second-order valence-corrected chi connectivity index (χ2v) is 7.98. The minimum Gasteiger partial charge on any atom is -0.507 e. The first kappa shape index (κ1) is 18.0. The Morgan fingerprint density at radius 3 is 1.96 bits per heavy atom. The highest BCUT2D eigenvalue weighted by Gasteiger charge is 2.28. The molecule has 0 aliphatic heterocycles. The molecule has 0 aliphatic rings. The number of carbonyl (C=O) groups is 1. The molecule has 0 bridgehead atoms. The Morgan fingerprint density at radius 2 is 1.54 bits per heavy atom. The van der Waals surface area contributed by atoms with Crippen molar-refractivity contribution in [3.05, 3.63) is 53.2 Å². The molecule has 0 radical (unpaired) electrons. The Labute approximate surface area is 143 Å². The molecule has 0 saturated heterocycles. The quantitative estimate of drug-likeness (QED) is 0.819. The zero-order valence-corrected chi connectivity index (χ0v) is 15.2. The zero-order chi connectivity index (χ0) is 18.1. The maximum absolute atomic E-state index is 12.5. The van der Waals surface area contributed by atoms with E-state index in [4.69, 9.17) is 4.74 Å². The van der Waals surface area contributed by atoms with E-state index in [1.165, 1.54) is 0 Å². The van der Waals surface area contributed by atoms with E-state index >= 15 is 0 Å². The fraction of sp³-hybridized carbons (Fsp3) is 0.400. The first-order chi connectivity index (χ1) is 11.0. The molecule has 0 aliphatic carbocycles. The molecule has 128 valence electrons. The van der Waals surface area contributed by atoms with Gasteiger partial charge in [-0.05, 0) is 29.0 Å². The van der Waals surface area contributed by atoms with E-state index in [0.717, 1.165) is 11.1 Å². The zero-order valence-electron chi connectivity index (χ0n) is 15.2. The molecule has 2 aromatic rings.